The Morgan fingerprint density at radius 1 is 1.00 bits per heavy atom. The predicted octanol–water partition coefficient (Wildman–Crippen LogP) is 0.408. The molecule has 2 aliphatic rings. The minimum absolute atomic E-state index is 0.336. The topological polar surface area (TPSA) is 116 Å². The lowest BCUT2D eigenvalue weighted by atomic mass is 9.99. The van der Waals surface area contributed by atoms with E-state index in [9.17, 15) is 20.1 Å². The molecule has 1 aliphatic carbocycles. The molecule has 2 rings (SSSR count). The van der Waals surface area contributed by atoms with Crippen molar-refractivity contribution >= 4 is 5.97 Å². The summed E-state index contributed by atoms with van der Waals surface area (Å²) in [5.41, 5.74) is 0. The predicted molar refractivity (Wildman–Crippen MR) is 84.7 cm³/mol. The average Bonchev–Trinajstić information content (AvgIpc) is 2.61. The van der Waals surface area contributed by atoms with E-state index in [0.29, 0.717) is 12.2 Å². The number of carbonyl (C=O) groups is 1. The highest BCUT2D eigenvalue weighted by molar-refractivity contribution is 5.73. The van der Waals surface area contributed by atoms with Gasteiger partial charge in [0.15, 0.2) is 6.10 Å². The maximum absolute atomic E-state index is 11.1. The molecule has 0 aromatic heterocycles. The Bertz CT molecular complexity index is 588. The fourth-order valence-electron chi connectivity index (χ4n) is 2.19. The van der Waals surface area contributed by atoms with E-state index < -0.39 is 36.7 Å². The molecule has 0 aromatic rings. The monoisotopic (exact) mass is 336 g/mol. The molecule has 0 radical (unpaired) electrons. The summed E-state index contributed by atoms with van der Waals surface area (Å²) in [5.74, 6) is -1.12. The Hall–Kier alpha value is -2.19. The Morgan fingerprint density at radius 3 is 2.38 bits per heavy atom. The minimum Gasteiger partial charge on any atom is -0.479 e. The molecule has 0 saturated carbocycles. The van der Waals surface area contributed by atoms with E-state index in [1.165, 1.54) is 0 Å². The van der Waals surface area contributed by atoms with E-state index in [1.807, 2.05) is 30.4 Å². The summed E-state index contributed by atoms with van der Waals surface area (Å²) in [7, 11) is 0. The number of carboxylic acids is 1. The molecule has 0 unspecified atom stereocenters. The Morgan fingerprint density at radius 2 is 1.67 bits per heavy atom. The summed E-state index contributed by atoms with van der Waals surface area (Å²) >= 11 is 0. The third kappa shape index (κ3) is 4.65. The van der Waals surface area contributed by atoms with E-state index in [2.05, 4.69) is 0 Å². The van der Waals surface area contributed by atoms with Crippen LogP contribution in [0.1, 0.15) is 6.42 Å². The van der Waals surface area contributed by atoms with Gasteiger partial charge in [0.2, 0.25) is 6.29 Å². The van der Waals surface area contributed by atoms with Gasteiger partial charge in [0.05, 0.1) is 0 Å². The number of carboxylic acid groups (broad SMARTS) is 1. The van der Waals surface area contributed by atoms with Gasteiger partial charge in [-0.25, -0.2) is 4.79 Å². The molecule has 0 aromatic carbocycles. The number of aliphatic hydroxyl groups is 3. The molecule has 1 fully saturated rings. The Kier molecular flexibility index (Phi) is 6.51. The lowest BCUT2D eigenvalue weighted by molar-refractivity contribution is -0.283. The molecule has 7 nitrogen and oxygen atoms in total. The summed E-state index contributed by atoms with van der Waals surface area (Å²) in [6, 6.07) is 0. The van der Waals surface area contributed by atoms with E-state index in [-0.39, 0.29) is 0 Å². The standard InChI is InChI=1S/C17H20O7/c18-12-13(19)15(16(21)22)24-17(14(12)20)23-11-9-7-5-3-1-2-4-6-8-10-11/h1-7,9-10,12-15,17-20H,8H2,(H,21,22)/b2-1-,5-3-,6-4-,9-7-,11-10+/t12-,13-,14+,15-,17+/m0/s1. The van der Waals surface area contributed by atoms with Crippen LogP contribution in [0.4, 0.5) is 0 Å². The zero-order chi connectivity index (χ0) is 17.5. The van der Waals surface area contributed by atoms with Crippen LogP contribution in [0.5, 0.6) is 0 Å². The van der Waals surface area contributed by atoms with E-state index in [0.717, 1.165) is 0 Å². The smallest absolute Gasteiger partial charge is 0.335 e. The highest BCUT2D eigenvalue weighted by atomic mass is 16.7. The molecule has 1 saturated heterocycles. The van der Waals surface area contributed by atoms with Crippen LogP contribution in [0, 0.1) is 0 Å². The molecule has 7 heteroatoms. The van der Waals surface area contributed by atoms with Gasteiger partial charge in [-0.1, -0.05) is 42.5 Å². The molecule has 0 spiro atoms. The van der Waals surface area contributed by atoms with Crippen molar-refractivity contribution in [3.63, 3.8) is 0 Å². The first-order chi connectivity index (χ1) is 11.5. The van der Waals surface area contributed by atoms with Crippen molar-refractivity contribution in [2.75, 3.05) is 0 Å². The average molecular weight is 336 g/mol. The van der Waals surface area contributed by atoms with Gasteiger partial charge in [0.25, 0.3) is 0 Å². The van der Waals surface area contributed by atoms with Gasteiger partial charge in [-0.3, -0.25) is 0 Å². The van der Waals surface area contributed by atoms with Gasteiger partial charge in [0, 0.05) is 0 Å². The number of hydrogen-bond acceptors (Lipinski definition) is 6. The third-order valence-corrected chi connectivity index (χ3v) is 3.47. The van der Waals surface area contributed by atoms with Gasteiger partial charge >= 0.3 is 5.97 Å². The van der Waals surface area contributed by atoms with Crippen molar-refractivity contribution in [1.82, 2.24) is 0 Å². The largest absolute Gasteiger partial charge is 0.479 e. The van der Waals surface area contributed by atoms with E-state index >= 15 is 0 Å². The van der Waals surface area contributed by atoms with Crippen LogP contribution in [-0.4, -0.2) is 57.1 Å². The van der Waals surface area contributed by atoms with Crippen molar-refractivity contribution < 1.29 is 34.7 Å². The molecule has 24 heavy (non-hydrogen) atoms. The molecule has 0 bridgehead atoms. The molecule has 1 aliphatic heterocycles. The molecule has 1 heterocycles. The molecular formula is C17H20O7. The lowest BCUT2D eigenvalue weighted by Crippen LogP contribution is -2.60. The number of aliphatic carboxylic acids is 1. The number of hydrogen-bond donors (Lipinski definition) is 4. The Balaban J connectivity index is 2.14. The first-order valence-corrected chi connectivity index (χ1v) is 7.46. The summed E-state index contributed by atoms with van der Waals surface area (Å²) < 4.78 is 10.6. The van der Waals surface area contributed by atoms with Crippen LogP contribution in [0.15, 0.2) is 60.4 Å². The lowest BCUT2D eigenvalue weighted by Gasteiger charge is -2.38. The van der Waals surface area contributed by atoms with Crippen molar-refractivity contribution in [3.8, 4) is 0 Å². The van der Waals surface area contributed by atoms with Crippen LogP contribution in [-0.2, 0) is 14.3 Å². The van der Waals surface area contributed by atoms with Gasteiger partial charge in [-0.15, -0.1) is 0 Å². The maximum atomic E-state index is 11.1. The Labute approximate surface area is 139 Å². The van der Waals surface area contributed by atoms with Crippen molar-refractivity contribution in [3.05, 3.63) is 60.4 Å². The number of ether oxygens (including phenoxy) is 2. The van der Waals surface area contributed by atoms with Crippen LogP contribution in [0.3, 0.4) is 0 Å². The minimum atomic E-state index is -1.74. The van der Waals surface area contributed by atoms with Crippen molar-refractivity contribution in [1.29, 1.82) is 0 Å². The van der Waals surface area contributed by atoms with Crippen molar-refractivity contribution in [2.24, 2.45) is 0 Å². The summed E-state index contributed by atoms with van der Waals surface area (Å²) in [5, 5.41) is 38.5. The second-order valence-electron chi connectivity index (χ2n) is 5.25. The normalized spacial score (nSPS) is 41.1. The molecule has 130 valence electrons. The molecule has 4 N–H and O–H groups in total. The van der Waals surface area contributed by atoms with Crippen LogP contribution in [0.2, 0.25) is 0 Å². The van der Waals surface area contributed by atoms with Crippen LogP contribution in [0.25, 0.3) is 0 Å². The van der Waals surface area contributed by atoms with Gasteiger partial charge in [0.1, 0.15) is 24.1 Å². The second-order valence-corrected chi connectivity index (χ2v) is 5.25. The molecule has 0 amide bonds. The van der Waals surface area contributed by atoms with Crippen molar-refractivity contribution in [2.45, 2.75) is 37.1 Å². The molecule has 5 atom stereocenters. The highest BCUT2D eigenvalue weighted by Crippen LogP contribution is 2.24. The quantitative estimate of drug-likeness (QED) is 0.590. The van der Waals surface area contributed by atoms with Crippen LogP contribution >= 0.6 is 0 Å². The number of aliphatic hydroxyl groups excluding tert-OH is 3. The van der Waals surface area contributed by atoms with Gasteiger partial charge in [-0.2, -0.15) is 0 Å². The van der Waals surface area contributed by atoms with Gasteiger partial charge in [-0.05, 0) is 18.6 Å². The highest BCUT2D eigenvalue weighted by Gasteiger charge is 2.48. The van der Waals surface area contributed by atoms with Crippen LogP contribution < -0.4 is 0 Å². The first kappa shape index (κ1) is 18.2. The SMILES string of the molecule is O=C(O)[C@H]1O[C@@H](OC2=C/C\C=C/C=C\C=C/C=C\2)[C@H](O)[C@@H](O)[C@@H]1O. The fourth-order valence-corrected chi connectivity index (χ4v) is 2.19. The summed E-state index contributed by atoms with van der Waals surface area (Å²) in [6.07, 6.45) is 8.49. The molecular weight excluding hydrogens is 316 g/mol. The zero-order valence-electron chi connectivity index (χ0n) is 12.8. The number of allylic oxidation sites excluding steroid dienone is 9. The van der Waals surface area contributed by atoms with E-state index in [4.69, 9.17) is 14.6 Å². The van der Waals surface area contributed by atoms with Gasteiger partial charge < -0.3 is 29.9 Å². The summed E-state index contributed by atoms with van der Waals surface area (Å²) in [4.78, 5) is 11.1. The fraction of sp³-hybridized carbons (Fsp3) is 0.353. The number of rotatable bonds is 3. The first-order valence-electron chi connectivity index (χ1n) is 7.46. The maximum Gasteiger partial charge on any atom is 0.335 e. The summed E-state index contributed by atoms with van der Waals surface area (Å²) in [6.45, 7) is 0. The third-order valence-electron chi connectivity index (χ3n) is 3.47. The zero-order valence-corrected chi connectivity index (χ0v) is 12.8. The van der Waals surface area contributed by atoms with E-state index in [1.54, 1.807) is 24.3 Å². The second kappa shape index (κ2) is 8.60.